The Kier molecular flexibility index (Phi) is 5.03. The zero-order valence-electron chi connectivity index (χ0n) is 13.9. The zero-order valence-corrected chi connectivity index (χ0v) is 13.9. The smallest absolute Gasteiger partial charge is 0.423 e. The lowest BCUT2D eigenvalue weighted by atomic mass is 9.78. The number of aromatic nitrogens is 2. The molecule has 0 amide bonds. The minimum Gasteiger partial charge on any atom is -0.423 e. The number of hydrogen-bond donors (Lipinski definition) is 3. The van der Waals surface area contributed by atoms with Crippen LogP contribution in [-0.2, 0) is 4.65 Å². The van der Waals surface area contributed by atoms with Gasteiger partial charge in [-0.3, -0.25) is 0 Å². The predicted octanol–water partition coefficient (Wildman–Crippen LogP) is 0.941. The summed E-state index contributed by atoms with van der Waals surface area (Å²) in [6.07, 6.45) is 3.01. The quantitative estimate of drug-likeness (QED) is 0.701. The second kappa shape index (κ2) is 5.91. The van der Waals surface area contributed by atoms with Crippen LogP contribution in [0.2, 0.25) is 0 Å². The van der Waals surface area contributed by atoms with Crippen LogP contribution in [0.4, 0.5) is 5.95 Å². The highest BCUT2D eigenvalue weighted by atomic mass is 16.5. The van der Waals surface area contributed by atoms with Gasteiger partial charge in [0.25, 0.3) is 0 Å². The molecular formula is C14H26BN3O3. The molecule has 0 aliphatic carbocycles. The summed E-state index contributed by atoms with van der Waals surface area (Å²) in [5.74, 6) is 0.486. The van der Waals surface area contributed by atoms with Crippen molar-refractivity contribution in [3.8, 4) is 0 Å². The van der Waals surface area contributed by atoms with Crippen LogP contribution in [-0.4, -0.2) is 44.0 Å². The minimum absolute atomic E-state index is 0.139. The van der Waals surface area contributed by atoms with E-state index in [-0.39, 0.29) is 5.54 Å². The summed E-state index contributed by atoms with van der Waals surface area (Å²) in [7, 11) is -1.20. The van der Waals surface area contributed by atoms with E-state index in [1.165, 1.54) is 12.4 Å². The minimum atomic E-state index is -1.20. The highest BCUT2D eigenvalue weighted by Gasteiger charge is 2.39. The van der Waals surface area contributed by atoms with Gasteiger partial charge in [-0.2, -0.15) is 0 Å². The Bertz CT molecular complexity index is 464. The second-order valence-electron chi connectivity index (χ2n) is 7.25. The van der Waals surface area contributed by atoms with Gasteiger partial charge in [0.05, 0.1) is 11.2 Å². The molecule has 3 N–H and O–H groups in total. The summed E-state index contributed by atoms with van der Waals surface area (Å²) < 4.78 is 5.53. The van der Waals surface area contributed by atoms with Gasteiger partial charge in [0.2, 0.25) is 5.95 Å². The number of nitrogens with one attached hydrogen (secondary N) is 1. The first kappa shape index (κ1) is 17.9. The number of anilines is 1. The fourth-order valence-corrected chi connectivity index (χ4v) is 1.36. The van der Waals surface area contributed by atoms with E-state index < -0.39 is 18.3 Å². The molecule has 0 fully saturated rings. The van der Waals surface area contributed by atoms with Crippen LogP contribution >= 0.6 is 0 Å². The molecule has 0 aromatic carbocycles. The Morgan fingerprint density at radius 1 is 1.05 bits per heavy atom. The van der Waals surface area contributed by atoms with Crippen LogP contribution in [0, 0.1) is 0 Å². The van der Waals surface area contributed by atoms with Crippen molar-refractivity contribution < 1.29 is 14.8 Å². The fraction of sp³-hybridized carbons (Fsp3) is 0.714. The first-order chi connectivity index (χ1) is 9.32. The third-order valence-corrected chi connectivity index (χ3v) is 3.32. The molecule has 6 nitrogen and oxygen atoms in total. The molecule has 1 aromatic heterocycles. The average Bonchev–Trinajstić information content (AvgIpc) is 2.25. The number of nitrogens with zero attached hydrogens (tertiary/aromatic N) is 2. The van der Waals surface area contributed by atoms with Gasteiger partial charge in [-0.05, 0) is 48.5 Å². The Labute approximate surface area is 127 Å². The second-order valence-corrected chi connectivity index (χ2v) is 7.25. The molecule has 1 heterocycles. The Hall–Kier alpha value is -1.18. The Morgan fingerprint density at radius 2 is 1.52 bits per heavy atom. The van der Waals surface area contributed by atoms with E-state index in [1.54, 1.807) is 27.7 Å². The largest absolute Gasteiger partial charge is 0.494 e. The van der Waals surface area contributed by atoms with E-state index in [9.17, 15) is 10.1 Å². The van der Waals surface area contributed by atoms with Crippen molar-refractivity contribution in [2.24, 2.45) is 0 Å². The van der Waals surface area contributed by atoms with Crippen LogP contribution in [0.25, 0.3) is 0 Å². The molecule has 21 heavy (non-hydrogen) atoms. The van der Waals surface area contributed by atoms with Gasteiger partial charge in [-0.1, -0.05) is 0 Å². The molecule has 0 atom stereocenters. The zero-order chi connectivity index (χ0) is 16.5. The molecule has 0 radical (unpaired) electrons. The molecule has 0 spiro atoms. The van der Waals surface area contributed by atoms with Gasteiger partial charge in [0.15, 0.2) is 0 Å². The van der Waals surface area contributed by atoms with E-state index >= 15 is 0 Å². The van der Waals surface area contributed by atoms with Crippen molar-refractivity contribution in [1.82, 2.24) is 9.97 Å². The van der Waals surface area contributed by atoms with E-state index in [4.69, 9.17) is 4.65 Å². The fourth-order valence-electron chi connectivity index (χ4n) is 1.36. The van der Waals surface area contributed by atoms with Crippen molar-refractivity contribution in [2.45, 2.75) is 65.2 Å². The third kappa shape index (κ3) is 5.26. The van der Waals surface area contributed by atoms with Gasteiger partial charge in [-0.25, -0.2) is 9.97 Å². The number of rotatable bonds is 5. The molecule has 0 bridgehead atoms. The van der Waals surface area contributed by atoms with Gasteiger partial charge < -0.3 is 20.1 Å². The summed E-state index contributed by atoms with van der Waals surface area (Å²) >= 11 is 0. The topological polar surface area (TPSA) is 87.5 Å². The maximum absolute atomic E-state index is 10.1. The van der Waals surface area contributed by atoms with Gasteiger partial charge in [0.1, 0.15) is 0 Å². The lowest BCUT2D eigenvalue weighted by Crippen LogP contribution is -2.53. The lowest BCUT2D eigenvalue weighted by Gasteiger charge is -2.38. The highest BCUT2D eigenvalue weighted by Crippen LogP contribution is 2.25. The van der Waals surface area contributed by atoms with Gasteiger partial charge >= 0.3 is 7.12 Å². The highest BCUT2D eigenvalue weighted by molar-refractivity contribution is 6.59. The normalized spacial score (nSPS) is 13.2. The van der Waals surface area contributed by atoms with Crippen LogP contribution in [0.1, 0.15) is 48.5 Å². The summed E-state index contributed by atoms with van der Waals surface area (Å²) in [5, 5.41) is 23.3. The molecular weight excluding hydrogens is 269 g/mol. The molecule has 118 valence electrons. The predicted molar refractivity (Wildman–Crippen MR) is 84.5 cm³/mol. The maximum Gasteiger partial charge on any atom is 0.494 e. The van der Waals surface area contributed by atoms with E-state index in [2.05, 4.69) is 15.3 Å². The molecule has 7 heteroatoms. The summed E-state index contributed by atoms with van der Waals surface area (Å²) in [5.41, 5.74) is -1.72. The Balaban J connectivity index is 2.78. The van der Waals surface area contributed by atoms with Crippen LogP contribution in [0.3, 0.4) is 0 Å². The van der Waals surface area contributed by atoms with Crippen LogP contribution in [0.5, 0.6) is 0 Å². The SMILES string of the molecule is CC(C)(C)Nc1ncc(B(O)OC(C)(C)C(C)(C)O)cn1. The number of aliphatic hydroxyl groups is 1. The van der Waals surface area contributed by atoms with Crippen molar-refractivity contribution >= 4 is 18.5 Å². The number of hydrogen-bond acceptors (Lipinski definition) is 6. The van der Waals surface area contributed by atoms with Crippen molar-refractivity contribution in [2.75, 3.05) is 5.32 Å². The Morgan fingerprint density at radius 3 is 1.90 bits per heavy atom. The molecule has 0 unspecified atom stereocenters. The van der Waals surface area contributed by atoms with Crippen LogP contribution < -0.4 is 10.8 Å². The van der Waals surface area contributed by atoms with E-state index in [1.807, 2.05) is 20.8 Å². The van der Waals surface area contributed by atoms with Crippen molar-refractivity contribution in [3.05, 3.63) is 12.4 Å². The maximum atomic E-state index is 10.1. The lowest BCUT2D eigenvalue weighted by molar-refractivity contribution is -0.0982. The van der Waals surface area contributed by atoms with E-state index in [0.717, 1.165) is 0 Å². The first-order valence-corrected chi connectivity index (χ1v) is 7.00. The van der Waals surface area contributed by atoms with Crippen LogP contribution in [0.15, 0.2) is 12.4 Å². The summed E-state index contributed by atoms with van der Waals surface area (Å²) in [6, 6.07) is 0. The monoisotopic (exact) mass is 295 g/mol. The van der Waals surface area contributed by atoms with E-state index in [0.29, 0.717) is 11.4 Å². The van der Waals surface area contributed by atoms with Crippen molar-refractivity contribution in [1.29, 1.82) is 0 Å². The average molecular weight is 295 g/mol. The van der Waals surface area contributed by atoms with Crippen molar-refractivity contribution in [3.63, 3.8) is 0 Å². The molecule has 0 aliphatic rings. The third-order valence-electron chi connectivity index (χ3n) is 3.32. The summed E-state index contributed by atoms with van der Waals surface area (Å²) in [6.45, 7) is 12.7. The van der Waals surface area contributed by atoms with Gasteiger partial charge in [-0.15, -0.1) is 0 Å². The standard InChI is InChI=1S/C14H26BN3O3/c1-12(2,3)18-11-16-8-10(9-17-11)15(20)21-14(6,7)13(4,5)19/h8-9,19-20H,1-7H3,(H,16,17,18). The first-order valence-electron chi connectivity index (χ1n) is 7.00. The molecule has 0 aliphatic heterocycles. The molecule has 1 aromatic rings. The molecule has 0 saturated heterocycles. The molecule has 0 saturated carbocycles. The summed E-state index contributed by atoms with van der Waals surface area (Å²) in [4.78, 5) is 8.31. The van der Waals surface area contributed by atoms with Gasteiger partial charge in [0, 0.05) is 23.4 Å². The molecule has 1 rings (SSSR count).